The van der Waals surface area contributed by atoms with Crippen molar-refractivity contribution in [3.05, 3.63) is 36.0 Å². The lowest BCUT2D eigenvalue weighted by Crippen LogP contribution is -2.10. The molecule has 0 saturated carbocycles. The van der Waals surface area contributed by atoms with E-state index in [1.807, 2.05) is 0 Å². The van der Waals surface area contributed by atoms with Crippen LogP contribution < -0.4 is 0 Å². The molecule has 1 heterocycles. The number of unbranched alkanes of at least 4 members (excludes halogenated alkanes) is 12. The minimum atomic E-state index is -0.592. The quantitative estimate of drug-likeness (QED) is 0.110. The van der Waals surface area contributed by atoms with E-state index < -0.39 is 12.1 Å². The van der Waals surface area contributed by atoms with Crippen LogP contribution >= 0.6 is 0 Å². The van der Waals surface area contributed by atoms with Gasteiger partial charge in [0.2, 0.25) is 0 Å². The Bertz CT molecular complexity index is 519. The third kappa shape index (κ3) is 11.8. The molecule has 0 fully saturated rings. The van der Waals surface area contributed by atoms with Gasteiger partial charge in [0.15, 0.2) is 11.9 Å². The molecule has 1 N–H and O–H groups in total. The summed E-state index contributed by atoms with van der Waals surface area (Å²) in [6.07, 6.45) is 25.6. The molecule has 1 rings (SSSR count). The van der Waals surface area contributed by atoms with Crippen LogP contribution in [0.2, 0.25) is 0 Å². The van der Waals surface area contributed by atoms with Crippen molar-refractivity contribution >= 4 is 5.97 Å². The van der Waals surface area contributed by atoms with E-state index in [0.29, 0.717) is 6.42 Å². The van der Waals surface area contributed by atoms with Gasteiger partial charge in [-0.15, -0.1) is 0 Å². The molecule has 1 atom stereocenters. The number of rotatable bonds is 18. The highest BCUT2D eigenvalue weighted by Crippen LogP contribution is 2.25. The van der Waals surface area contributed by atoms with Gasteiger partial charge in [-0.05, 0) is 32.6 Å². The highest BCUT2D eigenvalue weighted by molar-refractivity contribution is 5.89. The molecular weight excluding hydrogens is 364 g/mol. The van der Waals surface area contributed by atoms with Crippen LogP contribution in [-0.2, 0) is 14.3 Å². The summed E-state index contributed by atoms with van der Waals surface area (Å²) in [5.74, 6) is -0.776. The number of hydrogen-bond donors (Lipinski definition) is 1. The maximum absolute atomic E-state index is 11.7. The van der Waals surface area contributed by atoms with Crippen molar-refractivity contribution in [2.75, 3.05) is 0 Å². The van der Waals surface area contributed by atoms with E-state index in [0.717, 1.165) is 12.8 Å². The average Bonchev–Trinajstić information content (AvgIpc) is 2.99. The van der Waals surface area contributed by atoms with Crippen molar-refractivity contribution in [2.24, 2.45) is 0 Å². The standard InChI is InChI=1S/C25H42O4/c1-3-5-6-7-8-9-10-11-12-13-14-15-16-17-18-19-20-22-23(26)24(25(27)29-22)28-21-4-2/h4,17-18,21-22,26H,3,5-16,19-20H2,1-2H3/b18-17-,21-4+/t22-/m1/s1. The molecule has 0 unspecified atom stereocenters. The normalized spacial score (nSPS) is 17.0. The van der Waals surface area contributed by atoms with Crippen LogP contribution in [0.4, 0.5) is 0 Å². The first-order valence-corrected chi connectivity index (χ1v) is 11.8. The van der Waals surface area contributed by atoms with E-state index in [2.05, 4.69) is 19.1 Å². The summed E-state index contributed by atoms with van der Waals surface area (Å²) in [6.45, 7) is 4.04. The smallest absolute Gasteiger partial charge is 0.378 e. The van der Waals surface area contributed by atoms with Crippen LogP contribution in [0.3, 0.4) is 0 Å². The Kier molecular flexibility index (Phi) is 15.0. The number of allylic oxidation sites excluding steroid dienone is 3. The lowest BCUT2D eigenvalue weighted by atomic mass is 10.0. The molecule has 1 aliphatic rings. The molecule has 0 aliphatic carbocycles. The van der Waals surface area contributed by atoms with Gasteiger partial charge in [0, 0.05) is 0 Å². The third-order valence-electron chi connectivity index (χ3n) is 5.28. The molecule has 0 aromatic rings. The fraction of sp³-hybridized carbons (Fsp3) is 0.720. The maximum atomic E-state index is 11.7. The first kappa shape index (κ1) is 25.3. The maximum Gasteiger partial charge on any atom is 0.378 e. The number of ether oxygens (including phenoxy) is 2. The van der Waals surface area contributed by atoms with Crippen molar-refractivity contribution in [1.82, 2.24) is 0 Å². The van der Waals surface area contributed by atoms with E-state index in [9.17, 15) is 9.90 Å². The second kappa shape index (κ2) is 17.2. The number of esters is 1. The van der Waals surface area contributed by atoms with Crippen LogP contribution in [0.5, 0.6) is 0 Å². The molecule has 0 aromatic carbocycles. The predicted octanol–water partition coefficient (Wildman–Crippen LogP) is 7.66. The van der Waals surface area contributed by atoms with Crippen LogP contribution in [0.15, 0.2) is 36.0 Å². The van der Waals surface area contributed by atoms with Crippen molar-refractivity contribution in [3.8, 4) is 0 Å². The number of aliphatic hydroxyl groups excluding tert-OH is 1. The van der Waals surface area contributed by atoms with Gasteiger partial charge in [0.05, 0.1) is 6.26 Å². The molecule has 4 heteroatoms. The average molecular weight is 407 g/mol. The van der Waals surface area contributed by atoms with Gasteiger partial charge in [0.1, 0.15) is 0 Å². The molecule has 0 amide bonds. The second-order valence-corrected chi connectivity index (χ2v) is 7.92. The van der Waals surface area contributed by atoms with E-state index in [1.54, 1.807) is 13.0 Å². The molecule has 0 bridgehead atoms. The molecule has 0 saturated heterocycles. The van der Waals surface area contributed by atoms with Gasteiger partial charge in [-0.1, -0.05) is 95.8 Å². The number of hydrogen-bond acceptors (Lipinski definition) is 4. The molecule has 0 radical (unpaired) electrons. The van der Waals surface area contributed by atoms with E-state index in [1.165, 1.54) is 83.3 Å². The van der Waals surface area contributed by atoms with Gasteiger partial charge in [-0.2, -0.15) is 0 Å². The minimum absolute atomic E-state index is 0.0893. The van der Waals surface area contributed by atoms with Crippen LogP contribution in [-0.4, -0.2) is 17.2 Å². The summed E-state index contributed by atoms with van der Waals surface area (Å²) >= 11 is 0. The molecule has 166 valence electrons. The van der Waals surface area contributed by atoms with E-state index in [-0.39, 0.29) is 11.5 Å². The number of carbonyl (C=O) groups excluding carboxylic acids is 1. The Hall–Kier alpha value is -1.71. The molecule has 1 aliphatic heterocycles. The van der Waals surface area contributed by atoms with Crippen molar-refractivity contribution in [3.63, 3.8) is 0 Å². The van der Waals surface area contributed by atoms with Crippen LogP contribution in [0.1, 0.15) is 110 Å². The fourth-order valence-corrected chi connectivity index (χ4v) is 3.52. The van der Waals surface area contributed by atoms with Gasteiger partial charge >= 0.3 is 5.97 Å². The van der Waals surface area contributed by atoms with E-state index >= 15 is 0 Å². The molecule has 0 spiro atoms. The third-order valence-corrected chi connectivity index (χ3v) is 5.28. The van der Waals surface area contributed by atoms with Crippen molar-refractivity contribution in [2.45, 2.75) is 116 Å². The Morgan fingerprint density at radius 1 is 0.897 bits per heavy atom. The summed E-state index contributed by atoms with van der Waals surface area (Å²) in [6, 6.07) is 0. The molecular formula is C25H42O4. The highest BCUT2D eigenvalue weighted by atomic mass is 16.6. The Morgan fingerprint density at radius 2 is 1.45 bits per heavy atom. The fourth-order valence-electron chi connectivity index (χ4n) is 3.52. The topological polar surface area (TPSA) is 55.8 Å². The summed E-state index contributed by atoms with van der Waals surface area (Å²) < 4.78 is 10.2. The van der Waals surface area contributed by atoms with Gasteiger partial charge < -0.3 is 14.6 Å². The number of aliphatic hydroxyl groups is 1. The van der Waals surface area contributed by atoms with Crippen LogP contribution in [0.25, 0.3) is 0 Å². The van der Waals surface area contributed by atoms with Gasteiger partial charge in [-0.25, -0.2) is 4.79 Å². The van der Waals surface area contributed by atoms with Gasteiger partial charge in [0.25, 0.3) is 5.76 Å². The largest absolute Gasteiger partial charge is 0.505 e. The summed E-state index contributed by atoms with van der Waals surface area (Å²) in [7, 11) is 0. The first-order chi connectivity index (χ1) is 14.2. The van der Waals surface area contributed by atoms with E-state index in [4.69, 9.17) is 9.47 Å². The number of cyclic esters (lactones) is 1. The summed E-state index contributed by atoms with van der Waals surface area (Å²) in [5.41, 5.74) is 0. The van der Waals surface area contributed by atoms with Crippen LogP contribution in [0, 0.1) is 0 Å². The predicted molar refractivity (Wildman–Crippen MR) is 120 cm³/mol. The van der Waals surface area contributed by atoms with Crippen molar-refractivity contribution in [1.29, 1.82) is 0 Å². The second-order valence-electron chi connectivity index (χ2n) is 7.92. The van der Waals surface area contributed by atoms with Crippen molar-refractivity contribution < 1.29 is 19.4 Å². The Morgan fingerprint density at radius 3 is 2.03 bits per heavy atom. The molecule has 0 aromatic heterocycles. The monoisotopic (exact) mass is 406 g/mol. The molecule has 29 heavy (non-hydrogen) atoms. The Balaban J connectivity index is 1.95. The zero-order valence-electron chi connectivity index (χ0n) is 18.7. The zero-order chi connectivity index (χ0) is 21.2. The first-order valence-electron chi connectivity index (χ1n) is 11.8. The zero-order valence-corrected chi connectivity index (χ0v) is 18.7. The summed E-state index contributed by atoms with van der Waals surface area (Å²) in [5, 5.41) is 10.0. The van der Waals surface area contributed by atoms with Gasteiger partial charge in [-0.3, -0.25) is 0 Å². The SMILES string of the molecule is C/C=C/OC1=C(O)[C@@H](CC/C=C\CCCCCCCCCCCCCC)OC1=O. The number of carbonyl (C=O) groups is 1. The lowest BCUT2D eigenvalue weighted by molar-refractivity contribution is -0.142. The lowest BCUT2D eigenvalue weighted by Gasteiger charge is -2.07. The molecule has 4 nitrogen and oxygen atoms in total. The minimum Gasteiger partial charge on any atom is -0.505 e. The summed E-state index contributed by atoms with van der Waals surface area (Å²) in [4.78, 5) is 11.7. The Labute approximate surface area is 178 Å². The highest BCUT2D eigenvalue weighted by Gasteiger charge is 2.35.